The predicted octanol–water partition coefficient (Wildman–Crippen LogP) is 1.69. The number of hydrogen-bond acceptors (Lipinski definition) is 4. The molecule has 3 atom stereocenters. The van der Waals surface area contributed by atoms with Gasteiger partial charge in [0.25, 0.3) is 0 Å². The van der Waals surface area contributed by atoms with Crippen LogP contribution in [0.3, 0.4) is 0 Å². The monoisotopic (exact) mass is 408 g/mol. The predicted molar refractivity (Wildman–Crippen MR) is 113 cm³/mol. The standard InChI is InChI=1S/C22H28N6O2/c1-15-5-4-6-18(9-15)25-22(24-14-23)26-19-7-2-3-8-27(21(19)30)13-20(29)28-11-16-10-17(16)12-28/h4-6,9,16-17,19H,2-3,7-8,10-13H2,1H3,(H2,24,25,26). The number of nitriles is 1. The van der Waals surface area contributed by atoms with Gasteiger partial charge in [-0.1, -0.05) is 12.1 Å². The summed E-state index contributed by atoms with van der Waals surface area (Å²) in [5, 5.41) is 14.7. The molecule has 0 radical (unpaired) electrons. The molecule has 2 aliphatic heterocycles. The van der Waals surface area contributed by atoms with Gasteiger partial charge >= 0.3 is 0 Å². The molecule has 2 heterocycles. The number of anilines is 1. The lowest BCUT2D eigenvalue weighted by molar-refractivity contribution is -0.140. The molecule has 8 heteroatoms. The van der Waals surface area contributed by atoms with Crippen molar-refractivity contribution in [2.24, 2.45) is 16.8 Å². The van der Waals surface area contributed by atoms with Crippen molar-refractivity contribution in [2.75, 3.05) is 31.5 Å². The van der Waals surface area contributed by atoms with Crippen molar-refractivity contribution in [3.05, 3.63) is 29.8 Å². The summed E-state index contributed by atoms with van der Waals surface area (Å²) in [5.74, 6) is 1.49. The molecule has 1 aliphatic carbocycles. The highest BCUT2D eigenvalue weighted by molar-refractivity contribution is 5.97. The van der Waals surface area contributed by atoms with Crippen LogP contribution in [0.1, 0.15) is 31.2 Å². The third-order valence-corrected chi connectivity index (χ3v) is 6.15. The second kappa shape index (κ2) is 8.74. The Hall–Kier alpha value is -3.08. The van der Waals surface area contributed by atoms with E-state index < -0.39 is 6.04 Å². The molecule has 2 saturated heterocycles. The molecule has 0 bridgehead atoms. The second-order valence-corrected chi connectivity index (χ2v) is 8.53. The molecule has 1 aromatic rings. The van der Waals surface area contributed by atoms with Gasteiger partial charge in [0.05, 0.1) is 6.54 Å². The lowest BCUT2D eigenvalue weighted by atomic mass is 10.1. The number of aryl methyl sites for hydroxylation is 1. The lowest BCUT2D eigenvalue weighted by Gasteiger charge is -2.26. The molecule has 3 fully saturated rings. The topological polar surface area (TPSA) is 101 Å². The first-order valence-electron chi connectivity index (χ1n) is 10.7. The van der Waals surface area contributed by atoms with Crippen molar-refractivity contribution < 1.29 is 9.59 Å². The van der Waals surface area contributed by atoms with E-state index in [-0.39, 0.29) is 24.3 Å². The van der Waals surface area contributed by atoms with Crippen LogP contribution in [-0.4, -0.2) is 59.8 Å². The molecular formula is C22H28N6O2. The maximum absolute atomic E-state index is 13.1. The number of aliphatic imine (C=N–C) groups is 1. The minimum atomic E-state index is -0.611. The van der Waals surface area contributed by atoms with Crippen LogP contribution in [0.4, 0.5) is 5.69 Å². The quantitative estimate of drug-likeness (QED) is 0.342. The number of guanidine groups is 1. The number of rotatable bonds is 4. The molecule has 1 saturated carbocycles. The summed E-state index contributed by atoms with van der Waals surface area (Å²) < 4.78 is 0. The van der Waals surface area contributed by atoms with Crippen LogP contribution in [-0.2, 0) is 9.59 Å². The second-order valence-electron chi connectivity index (χ2n) is 8.53. The van der Waals surface area contributed by atoms with Crippen LogP contribution in [0, 0.1) is 30.2 Å². The number of fused-ring (bicyclic) bond motifs is 1. The van der Waals surface area contributed by atoms with Crippen molar-refractivity contribution in [3.63, 3.8) is 0 Å². The zero-order valence-electron chi connectivity index (χ0n) is 17.3. The van der Waals surface area contributed by atoms with E-state index in [0.717, 1.165) is 37.2 Å². The Morgan fingerprint density at radius 3 is 2.83 bits per heavy atom. The van der Waals surface area contributed by atoms with Crippen molar-refractivity contribution in [2.45, 2.75) is 38.6 Å². The average Bonchev–Trinajstić information content (AvgIpc) is 3.37. The number of nitrogens with one attached hydrogen (secondary N) is 2. The fourth-order valence-electron chi connectivity index (χ4n) is 4.39. The molecule has 3 unspecified atom stereocenters. The molecule has 2 amide bonds. The largest absolute Gasteiger partial charge is 0.341 e. The normalized spacial score (nSPS) is 25.9. The van der Waals surface area contributed by atoms with E-state index >= 15 is 0 Å². The van der Waals surface area contributed by atoms with Crippen LogP contribution in [0.25, 0.3) is 0 Å². The van der Waals surface area contributed by atoms with Gasteiger partial charge in [-0.05, 0) is 62.1 Å². The van der Waals surface area contributed by atoms with Crippen molar-refractivity contribution in [3.8, 4) is 6.19 Å². The van der Waals surface area contributed by atoms with Crippen molar-refractivity contribution in [1.82, 2.24) is 15.1 Å². The van der Waals surface area contributed by atoms with Crippen molar-refractivity contribution in [1.29, 1.82) is 5.26 Å². The van der Waals surface area contributed by atoms with E-state index in [9.17, 15) is 9.59 Å². The molecule has 8 nitrogen and oxygen atoms in total. The maximum Gasteiger partial charge on any atom is 0.247 e. The fourth-order valence-corrected chi connectivity index (χ4v) is 4.39. The Bertz CT molecular complexity index is 882. The highest BCUT2D eigenvalue weighted by atomic mass is 16.2. The summed E-state index contributed by atoms with van der Waals surface area (Å²) in [6.45, 7) is 4.35. The Morgan fingerprint density at radius 1 is 1.30 bits per heavy atom. The molecule has 0 aromatic heterocycles. The number of nitrogens with zero attached hydrogens (tertiary/aromatic N) is 4. The number of piperidine rings is 1. The Kier molecular flexibility index (Phi) is 5.88. The Labute approximate surface area is 176 Å². The van der Waals surface area contributed by atoms with Crippen LogP contribution in [0.2, 0.25) is 0 Å². The van der Waals surface area contributed by atoms with Crippen LogP contribution >= 0.6 is 0 Å². The minimum absolute atomic E-state index is 0.0356. The van der Waals surface area contributed by atoms with Gasteiger partial charge in [-0.3, -0.25) is 14.9 Å². The van der Waals surface area contributed by atoms with Gasteiger partial charge in [0, 0.05) is 25.3 Å². The van der Waals surface area contributed by atoms with Gasteiger partial charge < -0.3 is 15.1 Å². The molecule has 0 spiro atoms. The van der Waals surface area contributed by atoms with E-state index in [0.29, 0.717) is 24.8 Å². The van der Waals surface area contributed by atoms with Gasteiger partial charge in [0.15, 0.2) is 6.19 Å². The van der Waals surface area contributed by atoms with Gasteiger partial charge in [0.2, 0.25) is 17.8 Å². The van der Waals surface area contributed by atoms with Crippen LogP contribution in [0.15, 0.2) is 29.3 Å². The van der Waals surface area contributed by atoms with Gasteiger partial charge in [-0.2, -0.15) is 5.26 Å². The summed E-state index contributed by atoms with van der Waals surface area (Å²) in [5.41, 5.74) is 1.86. The molecule has 1 aromatic carbocycles. The first-order chi connectivity index (χ1) is 14.5. The summed E-state index contributed by atoms with van der Waals surface area (Å²) in [7, 11) is 0. The smallest absolute Gasteiger partial charge is 0.247 e. The number of benzene rings is 1. The first kappa shape index (κ1) is 20.2. The average molecular weight is 409 g/mol. The fraction of sp³-hybridized carbons (Fsp3) is 0.545. The lowest BCUT2D eigenvalue weighted by Crippen LogP contribution is -2.45. The summed E-state index contributed by atoms with van der Waals surface area (Å²) >= 11 is 0. The van der Waals surface area contributed by atoms with Crippen molar-refractivity contribution >= 4 is 23.5 Å². The number of likely N-dealkylation sites (tertiary alicyclic amines) is 2. The summed E-state index contributed by atoms with van der Waals surface area (Å²) in [6.07, 6.45) is 5.42. The number of carbonyl (C=O) groups is 2. The SMILES string of the molecule is Cc1cccc(NC(=NC2CCCCN(CC(=O)N3CC4CC4C3)C2=O)NC#N)c1. The Balaban J connectivity index is 1.44. The Morgan fingerprint density at radius 2 is 2.10 bits per heavy atom. The molecule has 2 N–H and O–H groups in total. The molecule has 3 aliphatic rings. The number of carbonyl (C=O) groups excluding carboxylic acids is 2. The maximum atomic E-state index is 13.1. The van der Waals surface area contributed by atoms with E-state index in [4.69, 9.17) is 5.26 Å². The van der Waals surface area contributed by atoms with Gasteiger partial charge in [0.1, 0.15) is 6.04 Å². The van der Waals surface area contributed by atoms with Gasteiger partial charge in [-0.25, -0.2) is 4.99 Å². The van der Waals surface area contributed by atoms with Crippen LogP contribution in [0.5, 0.6) is 0 Å². The zero-order chi connectivity index (χ0) is 21.1. The molecule has 158 valence electrons. The van der Waals surface area contributed by atoms with Crippen LogP contribution < -0.4 is 10.6 Å². The molecule has 4 rings (SSSR count). The molecule has 30 heavy (non-hydrogen) atoms. The highest BCUT2D eigenvalue weighted by Crippen LogP contribution is 2.44. The summed E-state index contributed by atoms with van der Waals surface area (Å²) in [6, 6.07) is 7.10. The van der Waals surface area contributed by atoms with E-state index in [2.05, 4.69) is 15.6 Å². The first-order valence-corrected chi connectivity index (χ1v) is 10.7. The van der Waals surface area contributed by atoms with E-state index in [1.165, 1.54) is 6.42 Å². The minimum Gasteiger partial charge on any atom is -0.341 e. The zero-order valence-corrected chi connectivity index (χ0v) is 17.3. The third-order valence-electron chi connectivity index (χ3n) is 6.15. The number of hydrogen-bond donors (Lipinski definition) is 2. The van der Waals surface area contributed by atoms with Gasteiger partial charge in [-0.15, -0.1) is 0 Å². The highest BCUT2D eigenvalue weighted by Gasteiger charge is 2.46. The molecular weight excluding hydrogens is 380 g/mol. The van der Waals surface area contributed by atoms with E-state index in [1.807, 2.05) is 42.3 Å². The third kappa shape index (κ3) is 4.73. The van der Waals surface area contributed by atoms with E-state index in [1.54, 1.807) is 4.90 Å². The summed E-state index contributed by atoms with van der Waals surface area (Å²) in [4.78, 5) is 33.9. The number of amides is 2.